The summed E-state index contributed by atoms with van der Waals surface area (Å²) in [7, 11) is 2.22. The van der Waals surface area contributed by atoms with Crippen LogP contribution in [0.2, 0.25) is 0 Å². The number of piperidine rings is 1. The quantitative estimate of drug-likeness (QED) is 0.654. The van der Waals surface area contributed by atoms with E-state index in [-0.39, 0.29) is 0 Å². The minimum Gasteiger partial charge on any atom is -0.303 e. The van der Waals surface area contributed by atoms with Gasteiger partial charge in [0.25, 0.3) is 0 Å². The molecule has 0 N–H and O–H groups in total. The van der Waals surface area contributed by atoms with Crippen molar-refractivity contribution in [1.29, 1.82) is 0 Å². The Morgan fingerprint density at radius 1 is 1.33 bits per heavy atom. The Morgan fingerprint density at radius 2 is 1.93 bits per heavy atom. The average molecular weight is 208 g/mol. The van der Waals surface area contributed by atoms with E-state index >= 15 is 0 Å². The van der Waals surface area contributed by atoms with E-state index in [4.69, 9.17) is 0 Å². The first-order valence-electron chi connectivity index (χ1n) is 6.21. The van der Waals surface area contributed by atoms with Crippen LogP contribution in [0.1, 0.15) is 26.2 Å². The van der Waals surface area contributed by atoms with E-state index < -0.39 is 0 Å². The molecule has 0 amide bonds. The van der Waals surface area contributed by atoms with Crippen molar-refractivity contribution in [1.82, 2.24) is 9.80 Å². The molecule has 15 heavy (non-hydrogen) atoms. The van der Waals surface area contributed by atoms with Crippen LogP contribution < -0.4 is 0 Å². The minimum atomic E-state index is 0.441. The Bertz CT molecular complexity index is 223. The summed E-state index contributed by atoms with van der Waals surface area (Å²) in [5, 5.41) is 0. The second kappa shape index (κ2) is 4.26. The number of likely N-dealkylation sites (N-methyl/N-ethyl adjacent to an activating group) is 1. The zero-order valence-corrected chi connectivity index (χ0v) is 10.2. The van der Waals surface area contributed by atoms with E-state index in [1.807, 2.05) is 0 Å². The molecule has 0 spiro atoms. The Balaban J connectivity index is 1.96. The maximum absolute atomic E-state index is 3.92. The fraction of sp³-hybridized carbons (Fsp3) is 0.846. The molecule has 86 valence electrons. The number of rotatable bonds is 3. The van der Waals surface area contributed by atoms with Gasteiger partial charge in [0.1, 0.15) is 0 Å². The first-order valence-corrected chi connectivity index (χ1v) is 6.21. The van der Waals surface area contributed by atoms with Gasteiger partial charge in [-0.2, -0.15) is 0 Å². The fourth-order valence-electron chi connectivity index (χ4n) is 3.17. The molecule has 2 heteroatoms. The van der Waals surface area contributed by atoms with Crippen LogP contribution >= 0.6 is 0 Å². The molecule has 0 atom stereocenters. The zero-order valence-electron chi connectivity index (χ0n) is 10.2. The van der Waals surface area contributed by atoms with Crippen LogP contribution in [0, 0.1) is 5.92 Å². The Hall–Kier alpha value is -0.340. The van der Waals surface area contributed by atoms with Crippen molar-refractivity contribution in [2.24, 2.45) is 5.92 Å². The highest BCUT2D eigenvalue weighted by atomic mass is 15.3. The molecule has 0 radical (unpaired) electrons. The van der Waals surface area contributed by atoms with E-state index in [1.54, 1.807) is 0 Å². The van der Waals surface area contributed by atoms with E-state index in [2.05, 4.69) is 36.4 Å². The number of nitrogens with zero attached hydrogens (tertiary/aromatic N) is 2. The van der Waals surface area contributed by atoms with Gasteiger partial charge < -0.3 is 4.90 Å². The largest absolute Gasteiger partial charge is 0.303 e. The van der Waals surface area contributed by atoms with Gasteiger partial charge in [0.15, 0.2) is 0 Å². The van der Waals surface area contributed by atoms with Crippen LogP contribution in [-0.2, 0) is 0 Å². The molecule has 0 aliphatic carbocycles. The highest BCUT2D eigenvalue weighted by molar-refractivity contribution is 5.06. The van der Waals surface area contributed by atoms with E-state index in [9.17, 15) is 0 Å². The second-order valence-corrected chi connectivity index (χ2v) is 5.56. The first-order chi connectivity index (χ1) is 7.16. The first kappa shape index (κ1) is 11.2. The molecule has 0 aromatic heterocycles. The van der Waals surface area contributed by atoms with Gasteiger partial charge in [-0.15, -0.1) is 6.58 Å². The lowest BCUT2D eigenvalue weighted by Gasteiger charge is -2.56. The summed E-state index contributed by atoms with van der Waals surface area (Å²) in [6.07, 6.45) is 6.02. The van der Waals surface area contributed by atoms with Gasteiger partial charge in [-0.25, -0.2) is 0 Å². The van der Waals surface area contributed by atoms with Crippen molar-refractivity contribution in [3.63, 3.8) is 0 Å². The number of likely N-dealkylation sites (tertiary alicyclic amines) is 2. The van der Waals surface area contributed by atoms with Gasteiger partial charge in [-0.1, -0.05) is 13.0 Å². The summed E-state index contributed by atoms with van der Waals surface area (Å²) in [5.74, 6) is 0.930. The van der Waals surface area contributed by atoms with Crippen LogP contribution in [-0.4, -0.2) is 48.6 Å². The predicted octanol–water partition coefficient (Wildman–Crippen LogP) is 1.98. The molecule has 2 rings (SSSR count). The lowest BCUT2D eigenvalue weighted by molar-refractivity contribution is -0.0543. The van der Waals surface area contributed by atoms with Gasteiger partial charge >= 0.3 is 0 Å². The van der Waals surface area contributed by atoms with Gasteiger partial charge in [0.2, 0.25) is 0 Å². The lowest BCUT2D eigenvalue weighted by Crippen LogP contribution is -2.69. The third-order valence-electron chi connectivity index (χ3n) is 4.11. The topological polar surface area (TPSA) is 6.48 Å². The smallest absolute Gasteiger partial charge is 0.0497 e. The second-order valence-electron chi connectivity index (χ2n) is 5.56. The average Bonchev–Trinajstić information content (AvgIpc) is 2.16. The summed E-state index contributed by atoms with van der Waals surface area (Å²) in [4.78, 5) is 5.14. The summed E-state index contributed by atoms with van der Waals surface area (Å²) in [5.41, 5.74) is 0.441. The minimum absolute atomic E-state index is 0.441. The van der Waals surface area contributed by atoms with Crippen molar-refractivity contribution >= 4 is 0 Å². The lowest BCUT2D eigenvalue weighted by atomic mass is 9.82. The summed E-state index contributed by atoms with van der Waals surface area (Å²) < 4.78 is 0. The van der Waals surface area contributed by atoms with Crippen molar-refractivity contribution in [3.8, 4) is 0 Å². The van der Waals surface area contributed by atoms with Crippen LogP contribution in [0.4, 0.5) is 0 Å². The molecule has 0 aromatic carbocycles. The Morgan fingerprint density at radius 3 is 2.40 bits per heavy atom. The van der Waals surface area contributed by atoms with Gasteiger partial charge in [0, 0.05) is 18.6 Å². The van der Waals surface area contributed by atoms with Crippen molar-refractivity contribution in [2.75, 3.05) is 33.2 Å². The third-order valence-corrected chi connectivity index (χ3v) is 4.11. The maximum atomic E-state index is 3.92. The molecule has 0 saturated carbocycles. The van der Waals surface area contributed by atoms with E-state index in [0.717, 1.165) is 12.3 Å². The Labute approximate surface area is 93.9 Å². The van der Waals surface area contributed by atoms with Crippen LogP contribution in [0.15, 0.2) is 12.7 Å². The van der Waals surface area contributed by atoms with Crippen molar-refractivity contribution < 1.29 is 0 Å². The molecule has 2 saturated heterocycles. The SMILES string of the molecule is C=CCC1(N2CCC(C)CC2)CN(C)C1. The fourth-order valence-corrected chi connectivity index (χ4v) is 3.17. The molecular weight excluding hydrogens is 184 g/mol. The highest BCUT2D eigenvalue weighted by Crippen LogP contribution is 2.33. The van der Waals surface area contributed by atoms with Crippen molar-refractivity contribution in [3.05, 3.63) is 12.7 Å². The molecule has 2 aliphatic heterocycles. The molecule has 0 unspecified atom stereocenters. The van der Waals surface area contributed by atoms with Crippen LogP contribution in [0.3, 0.4) is 0 Å². The molecule has 0 bridgehead atoms. The third kappa shape index (κ3) is 2.11. The van der Waals surface area contributed by atoms with E-state index in [1.165, 1.54) is 39.0 Å². The van der Waals surface area contributed by atoms with Crippen LogP contribution in [0.5, 0.6) is 0 Å². The number of hydrogen-bond donors (Lipinski definition) is 0. The molecule has 2 nitrogen and oxygen atoms in total. The number of hydrogen-bond acceptors (Lipinski definition) is 2. The van der Waals surface area contributed by atoms with E-state index in [0.29, 0.717) is 5.54 Å². The predicted molar refractivity (Wildman–Crippen MR) is 65.0 cm³/mol. The maximum Gasteiger partial charge on any atom is 0.0497 e. The zero-order chi connectivity index (χ0) is 10.9. The molecule has 2 fully saturated rings. The van der Waals surface area contributed by atoms with Gasteiger partial charge in [-0.05, 0) is 45.3 Å². The normalized spacial score (nSPS) is 28.7. The Kier molecular flexibility index (Phi) is 3.17. The van der Waals surface area contributed by atoms with Gasteiger partial charge in [-0.3, -0.25) is 4.90 Å². The summed E-state index contributed by atoms with van der Waals surface area (Å²) in [6.45, 7) is 11.3. The highest BCUT2D eigenvalue weighted by Gasteiger charge is 2.45. The van der Waals surface area contributed by atoms with Crippen LogP contribution in [0.25, 0.3) is 0 Å². The monoisotopic (exact) mass is 208 g/mol. The molecular formula is C13H24N2. The standard InChI is InChI=1S/C13H24N2/c1-4-7-13(10-14(3)11-13)15-8-5-12(2)6-9-15/h4,12H,1,5-11H2,2-3H3. The molecule has 2 heterocycles. The molecule has 0 aromatic rings. The summed E-state index contributed by atoms with van der Waals surface area (Å²) >= 11 is 0. The molecule has 2 aliphatic rings. The van der Waals surface area contributed by atoms with Gasteiger partial charge in [0.05, 0.1) is 0 Å². The van der Waals surface area contributed by atoms with Crippen molar-refractivity contribution in [2.45, 2.75) is 31.7 Å². The summed E-state index contributed by atoms with van der Waals surface area (Å²) in [6, 6.07) is 0.